The molecule has 0 aromatic heterocycles. The summed E-state index contributed by atoms with van der Waals surface area (Å²) < 4.78 is 15.7. The van der Waals surface area contributed by atoms with Gasteiger partial charge in [0.1, 0.15) is 0 Å². The molecule has 0 aliphatic rings. The smallest absolute Gasteiger partial charge is 0.379 e. The van der Waals surface area contributed by atoms with Gasteiger partial charge in [-0.3, -0.25) is 0 Å². The molecule has 11 heavy (non-hydrogen) atoms. The molecule has 0 saturated heterocycles. The van der Waals surface area contributed by atoms with Crippen LogP contribution in [-0.2, 0) is 13.3 Å². The molecule has 0 heterocycles. The maximum absolute atomic E-state index is 5.34. The molecule has 0 radical (unpaired) electrons. The summed E-state index contributed by atoms with van der Waals surface area (Å²) in [5, 5.41) is 0. The lowest BCUT2D eigenvalue weighted by Crippen LogP contribution is -2.26. The molecule has 0 N–H and O–H groups in total. The fourth-order valence-corrected chi connectivity index (χ4v) is 1.84. The molecule has 3 nitrogen and oxygen atoms in total. The summed E-state index contributed by atoms with van der Waals surface area (Å²) in [4.78, 5) is 0. The standard InChI is InChI=1S/C7H18O3Si/c1-4-6-9-11(8-3)10-7-5-2/h11H,4-7H2,1-3H3. The maximum Gasteiger partial charge on any atom is 0.483 e. The first-order chi connectivity index (χ1) is 5.35. The van der Waals surface area contributed by atoms with E-state index in [4.69, 9.17) is 13.3 Å². The van der Waals surface area contributed by atoms with Gasteiger partial charge in [0.2, 0.25) is 0 Å². The van der Waals surface area contributed by atoms with Crippen LogP contribution < -0.4 is 0 Å². The Morgan fingerprint density at radius 2 is 1.45 bits per heavy atom. The van der Waals surface area contributed by atoms with Crippen molar-refractivity contribution in [3.63, 3.8) is 0 Å². The average molecular weight is 178 g/mol. The van der Waals surface area contributed by atoms with Crippen molar-refractivity contribution in [3.05, 3.63) is 0 Å². The first-order valence-electron chi connectivity index (χ1n) is 4.11. The van der Waals surface area contributed by atoms with E-state index in [1.165, 1.54) is 0 Å². The summed E-state index contributed by atoms with van der Waals surface area (Å²) in [6.07, 6.45) is 2.03. The second kappa shape index (κ2) is 8.20. The van der Waals surface area contributed by atoms with E-state index in [9.17, 15) is 0 Å². The van der Waals surface area contributed by atoms with E-state index in [2.05, 4.69) is 13.8 Å². The predicted molar refractivity (Wildman–Crippen MR) is 46.6 cm³/mol. The summed E-state index contributed by atoms with van der Waals surface area (Å²) in [6.45, 7) is 5.63. The molecule has 68 valence electrons. The van der Waals surface area contributed by atoms with Crippen molar-refractivity contribution >= 4 is 9.53 Å². The molecule has 0 amide bonds. The van der Waals surface area contributed by atoms with Crippen LogP contribution in [0.1, 0.15) is 26.7 Å². The SMILES string of the molecule is CCCO[SiH](OC)OCCC. The Morgan fingerprint density at radius 1 is 1.00 bits per heavy atom. The summed E-state index contributed by atoms with van der Waals surface area (Å²) in [5.41, 5.74) is 0. The van der Waals surface area contributed by atoms with Crippen molar-refractivity contribution in [1.29, 1.82) is 0 Å². The van der Waals surface area contributed by atoms with Crippen LogP contribution in [0.3, 0.4) is 0 Å². The highest BCUT2D eigenvalue weighted by Crippen LogP contribution is 1.93. The molecular weight excluding hydrogens is 160 g/mol. The van der Waals surface area contributed by atoms with E-state index >= 15 is 0 Å². The van der Waals surface area contributed by atoms with Gasteiger partial charge in [0.25, 0.3) is 0 Å². The van der Waals surface area contributed by atoms with E-state index in [-0.39, 0.29) is 0 Å². The van der Waals surface area contributed by atoms with Crippen LogP contribution in [0.2, 0.25) is 0 Å². The van der Waals surface area contributed by atoms with Crippen molar-refractivity contribution in [3.8, 4) is 0 Å². The minimum Gasteiger partial charge on any atom is -0.379 e. The van der Waals surface area contributed by atoms with Gasteiger partial charge in [0.05, 0.1) is 0 Å². The topological polar surface area (TPSA) is 27.7 Å². The van der Waals surface area contributed by atoms with Crippen LogP contribution in [0.15, 0.2) is 0 Å². The first-order valence-corrected chi connectivity index (χ1v) is 5.52. The number of hydrogen-bond acceptors (Lipinski definition) is 3. The molecule has 0 rings (SSSR count). The molecule has 0 fully saturated rings. The Balaban J connectivity index is 3.25. The Kier molecular flexibility index (Phi) is 8.27. The molecule has 0 unspecified atom stereocenters. The fourth-order valence-electron chi connectivity index (χ4n) is 0.612. The van der Waals surface area contributed by atoms with Gasteiger partial charge in [-0.05, 0) is 12.8 Å². The second-order valence-electron chi connectivity index (χ2n) is 2.27. The lowest BCUT2D eigenvalue weighted by Gasteiger charge is -2.12. The number of rotatable bonds is 7. The van der Waals surface area contributed by atoms with Crippen molar-refractivity contribution in [2.24, 2.45) is 0 Å². The Bertz CT molecular complexity index is 72.1. The van der Waals surface area contributed by atoms with Crippen molar-refractivity contribution in [2.75, 3.05) is 20.3 Å². The van der Waals surface area contributed by atoms with Crippen LogP contribution >= 0.6 is 0 Å². The van der Waals surface area contributed by atoms with Gasteiger partial charge in [0.15, 0.2) is 0 Å². The summed E-state index contributed by atoms with van der Waals surface area (Å²) in [7, 11) is -0.107. The van der Waals surface area contributed by atoms with Crippen LogP contribution in [0, 0.1) is 0 Å². The summed E-state index contributed by atoms with van der Waals surface area (Å²) >= 11 is 0. The normalized spacial score (nSPS) is 10.9. The van der Waals surface area contributed by atoms with Crippen molar-refractivity contribution < 1.29 is 13.3 Å². The third-order valence-corrected chi connectivity index (χ3v) is 2.51. The monoisotopic (exact) mass is 178 g/mol. The van der Waals surface area contributed by atoms with E-state index < -0.39 is 9.53 Å². The molecule has 0 aliphatic carbocycles. The summed E-state index contributed by atoms with van der Waals surface area (Å²) in [5.74, 6) is 0. The second-order valence-corrected chi connectivity index (χ2v) is 3.98. The van der Waals surface area contributed by atoms with E-state index in [1.54, 1.807) is 7.11 Å². The number of hydrogen-bond donors (Lipinski definition) is 0. The van der Waals surface area contributed by atoms with E-state index in [1.807, 2.05) is 0 Å². The molecule has 0 atom stereocenters. The largest absolute Gasteiger partial charge is 0.483 e. The van der Waals surface area contributed by atoms with Gasteiger partial charge in [-0.1, -0.05) is 13.8 Å². The molecule has 0 aromatic rings. The highest BCUT2D eigenvalue weighted by atomic mass is 28.3. The lowest BCUT2D eigenvalue weighted by atomic mass is 10.5. The van der Waals surface area contributed by atoms with E-state index in [0.29, 0.717) is 0 Å². The van der Waals surface area contributed by atoms with Gasteiger partial charge >= 0.3 is 9.53 Å². The third-order valence-electron chi connectivity index (χ3n) is 1.11. The lowest BCUT2D eigenvalue weighted by molar-refractivity contribution is 0.113. The van der Waals surface area contributed by atoms with Crippen LogP contribution in [0.25, 0.3) is 0 Å². The third kappa shape index (κ3) is 6.49. The zero-order chi connectivity index (χ0) is 8.53. The molecule has 0 saturated carbocycles. The minimum atomic E-state index is -1.75. The minimum absolute atomic E-state index is 0.744. The van der Waals surface area contributed by atoms with Crippen LogP contribution in [-0.4, -0.2) is 29.9 Å². The van der Waals surface area contributed by atoms with Crippen molar-refractivity contribution in [1.82, 2.24) is 0 Å². The highest BCUT2D eigenvalue weighted by molar-refractivity contribution is 6.36. The zero-order valence-electron chi connectivity index (χ0n) is 7.63. The zero-order valence-corrected chi connectivity index (χ0v) is 8.79. The first kappa shape index (κ1) is 11.1. The quantitative estimate of drug-likeness (QED) is 0.548. The predicted octanol–water partition coefficient (Wildman–Crippen LogP) is 1.20. The Labute approximate surface area is 70.6 Å². The summed E-state index contributed by atoms with van der Waals surface area (Å²) in [6, 6.07) is 0. The van der Waals surface area contributed by atoms with Crippen LogP contribution in [0.5, 0.6) is 0 Å². The molecule has 0 bridgehead atoms. The molecular formula is C7H18O3Si. The van der Waals surface area contributed by atoms with Gasteiger partial charge in [-0.2, -0.15) is 0 Å². The van der Waals surface area contributed by atoms with Gasteiger partial charge in [-0.25, -0.2) is 0 Å². The highest BCUT2D eigenvalue weighted by Gasteiger charge is 2.10. The molecule has 0 spiro atoms. The van der Waals surface area contributed by atoms with Gasteiger partial charge in [0, 0.05) is 20.3 Å². The molecule has 4 heteroatoms. The van der Waals surface area contributed by atoms with Crippen LogP contribution in [0.4, 0.5) is 0 Å². The molecule has 0 aliphatic heterocycles. The van der Waals surface area contributed by atoms with Gasteiger partial charge in [-0.15, -0.1) is 0 Å². The Hall–Kier alpha value is 0.0969. The van der Waals surface area contributed by atoms with Gasteiger partial charge < -0.3 is 13.3 Å². The average Bonchev–Trinajstić information content (AvgIpc) is 2.05. The molecule has 0 aromatic carbocycles. The fraction of sp³-hybridized carbons (Fsp3) is 1.00. The maximum atomic E-state index is 5.34. The Morgan fingerprint density at radius 3 is 1.73 bits per heavy atom. The van der Waals surface area contributed by atoms with E-state index in [0.717, 1.165) is 26.1 Å². The van der Waals surface area contributed by atoms with Crippen molar-refractivity contribution in [2.45, 2.75) is 26.7 Å².